The lowest BCUT2D eigenvalue weighted by molar-refractivity contribution is -0.161. The number of esters is 1. The summed E-state index contributed by atoms with van der Waals surface area (Å²) in [6, 6.07) is 11.2. The van der Waals surface area contributed by atoms with Gasteiger partial charge in [-0.25, -0.2) is 9.59 Å². The van der Waals surface area contributed by atoms with E-state index in [2.05, 4.69) is 6.58 Å². The van der Waals surface area contributed by atoms with E-state index >= 15 is 0 Å². The average Bonchev–Trinajstić information content (AvgIpc) is 3.07. The molecule has 3 aromatic carbocycles. The molecule has 0 heterocycles. The van der Waals surface area contributed by atoms with Crippen molar-refractivity contribution in [2.75, 3.05) is 25.5 Å². The largest absolute Gasteiger partial charge is 0.463 e. The molecule has 3 atom stereocenters. The van der Waals surface area contributed by atoms with Crippen LogP contribution >= 0.6 is 14.9 Å². The summed E-state index contributed by atoms with van der Waals surface area (Å²) < 4.78 is 37.2. The molecule has 306 valence electrons. The van der Waals surface area contributed by atoms with Gasteiger partial charge in [-0.1, -0.05) is 85.5 Å². The zero-order valence-corrected chi connectivity index (χ0v) is 36.7. The van der Waals surface area contributed by atoms with Crippen LogP contribution < -0.4 is 0 Å². The van der Waals surface area contributed by atoms with E-state index in [9.17, 15) is 33.4 Å². The number of hydrogen-bond donors (Lipinski definition) is 1. The Kier molecular flexibility index (Phi) is 18.9. The summed E-state index contributed by atoms with van der Waals surface area (Å²) in [5, 5.41) is 10.8. The molecule has 0 aromatic heterocycles. The molecule has 0 spiro atoms. The van der Waals surface area contributed by atoms with Crippen molar-refractivity contribution in [3.05, 3.63) is 115 Å². The topological polar surface area (TPSA) is 141 Å². The van der Waals surface area contributed by atoms with Gasteiger partial charge in [0.1, 0.15) is 0 Å². The van der Waals surface area contributed by atoms with Crippen LogP contribution in [0.15, 0.2) is 48.6 Å². The van der Waals surface area contributed by atoms with Crippen molar-refractivity contribution in [1.82, 2.24) is 0 Å². The van der Waals surface area contributed by atoms with Gasteiger partial charge in [-0.05, 0) is 116 Å². The highest BCUT2D eigenvalue weighted by Gasteiger charge is 2.49. The smallest absolute Gasteiger partial charge is 0.425 e. The van der Waals surface area contributed by atoms with Gasteiger partial charge in [-0.2, -0.15) is 0 Å². The molecular formula is C45H63O9P2+. The minimum atomic E-state index is -4.22. The Hall–Kier alpha value is -3.87. The zero-order chi connectivity index (χ0) is 42.2. The van der Waals surface area contributed by atoms with Gasteiger partial charge in [0.15, 0.2) is 12.5 Å². The molecule has 0 saturated carbocycles. The predicted octanol–water partition coefficient (Wildman–Crippen LogP) is 11.0. The quantitative estimate of drug-likeness (QED) is 0.0647. The van der Waals surface area contributed by atoms with E-state index in [1.165, 1.54) is 0 Å². The summed E-state index contributed by atoms with van der Waals surface area (Å²) >= 11 is 0. The third kappa shape index (κ3) is 11.8. The summed E-state index contributed by atoms with van der Waals surface area (Å²) in [5.74, 6) is -0.606. The first kappa shape index (κ1) is 50.1. The fourth-order valence-corrected chi connectivity index (χ4v) is 11.6. The molecule has 3 unspecified atom stereocenters. The number of rotatable bonds is 16. The van der Waals surface area contributed by atoms with Crippen molar-refractivity contribution < 1.29 is 42.9 Å². The Balaban J connectivity index is 0.000000613. The van der Waals surface area contributed by atoms with Crippen LogP contribution in [0.1, 0.15) is 123 Å². The predicted molar refractivity (Wildman–Crippen MR) is 228 cm³/mol. The van der Waals surface area contributed by atoms with Gasteiger partial charge in [0.2, 0.25) is 18.2 Å². The highest BCUT2D eigenvalue weighted by Crippen LogP contribution is 2.58. The molecule has 9 nitrogen and oxygen atoms in total. The van der Waals surface area contributed by atoms with Crippen molar-refractivity contribution >= 4 is 37.5 Å². The highest BCUT2D eigenvalue weighted by molar-refractivity contribution is 7.95. The maximum Gasteiger partial charge on any atom is 0.425 e. The molecule has 3 aromatic rings. The van der Waals surface area contributed by atoms with E-state index in [0.29, 0.717) is 45.4 Å². The molecule has 0 amide bonds. The molecule has 0 bridgehead atoms. The fourth-order valence-electron chi connectivity index (χ4n) is 7.05. The zero-order valence-electron chi connectivity index (χ0n) is 34.9. The van der Waals surface area contributed by atoms with Crippen molar-refractivity contribution in [2.24, 2.45) is 5.41 Å². The lowest BCUT2D eigenvalue weighted by Crippen LogP contribution is -2.39. The van der Waals surface area contributed by atoms with Gasteiger partial charge in [-0.3, -0.25) is 9.59 Å². The van der Waals surface area contributed by atoms with Crippen molar-refractivity contribution in [2.45, 2.75) is 110 Å². The van der Waals surface area contributed by atoms with Crippen LogP contribution in [0.3, 0.4) is 0 Å². The monoisotopic (exact) mass is 809 g/mol. The minimum absolute atomic E-state index is 0. The lowest BCUT2D eigenvalue weighted by Gasteiger charge is -2.35. The van der Waals surface area contributed by atoms with Crippen LogP contribution in [0.2, 0.25) is 0 Å². The summed E-state index contributed by atoms with van der Waals surface area (Å²) in [6.45, 7) is 27.7. The van der Waals surface area contributed by atoms with Crippen molar-refractivity contribution in [3.8, 4) is 0 Å². The highest BCUT2D eigenvalue weighted by atomic mass is 31.2. The maximum atomic E-state index is 14.8. The Labute approximate surface area is 335 Å². The van der Waals surface area contributed by atoms with E-state index in [1.54, 1.807) is 48.5 Å². The first-order valence-corrected chi connectivity index (χ1v) is 21.9. The molecular weight excluding hydrogens is 746 g/mol. The average molecular weight is 810 g/mol. The van der Waals surface area contributed by atoms with Crippen LogP contribution in [-0.4, -0.2) is 59.5 Å². The Bertz CT molecular complexity index is 1900. The molecule has 3 rings (SSSR count). The second-order valence-corrected chi connectivity index (χ2v) is 18.9. The molecule has 0 saturated heterocycles. The summed E-state index contributed by atoms with van der Waals surface area (Å²) in [6.07, 6.45) is -1.30. The molecule has 0 aliphatic heterocycles. The normalized spacial score (nSPS) is 12.9. The third-order valence-electron chi connectivity index (χ3n) is 9.77. The first-order chi connectivity index (χ1) is 25.5. The lowest BCUT2D eigenvalue weighted by atomic mass is 9.89. The number of benzene rings is 3. The third-order valence-corrected chi connectivity index (χ3v) is 14.0. The van der Waals surface area contributed by atoms with Crippen LogP contribution in [-0.2, 0) is 23.4 Å². The molecule has 0 radical (unpaired) electrons. The first-order valence-electron chi connectivity index (χ1n) is 18.5. The van der Waals surface area contributed by atoms with Crippen LogP contribution in [0.25, 0.3) is 0 Å². The summed E-state index contributed by atoms with van der Waals surface area (Å²) in [4.78, 5) is 52.0. The van der Waals surface area contributed by atoms with E-state index in [4.69, 9.17) is 9.47 Å². The number of aryl methyl sites for hydroxylation is 9. The molecule has 0 fully saturated rings. The van der Waals surface area contributed by atoms with Gasteiger partial charge < -0.3 is 19.1 Å². The summed E-state index contributed by atoms with van der Waals surface area (Å²) in [7, 11) is -6.45. The Morgan fingerprint density at radius 2 is 1.07 bits per heavy atom. The van der Waals surface area contributed by atoms with Crippen LogP contribution in [0, 0.1) is 67.7 Å². The summed E-state index contributed by atoms with van der Waals surface area (Å²) in [5.41, 5.74) is 5.80. The molecule has 11 heteroatoms. The number of carbonyl (C=O) groups excluding carboxylic acids is 4. The van der Waals surface area contributed by atoms with Crippen molar-refractivity contribution in [1.29, 1.82) is 0 Å². The van der Waals surface area contributed by atoms with Gasteiger partial charge in [0.05, 0.1) is 17.7 Å². The van der Waals surface area contributed by atoms with Crippen molar-refractivity contribution in [3.63, 3.8) is 0 Å². The standard InChI is InChI=1S/C28H39O5P.C16H20O4P.CH4/c1-10-28(9,27(31)33-11-2)16-34(32,25(29)23-19(5)12-17(3)13-20(23)6)26(30)24-21(7)14-18(4)15-22(24)8;1-6-20-15(17)13(5)9-21(19)16(18)14-11(3)7-10(2)8-12(14)4;/h12-15,27,31H,10-11,16H2,1-9H3;7-8H,5-6,9H2,1-4H3;1H4/q;+1;. The van der Waals surface area contributed by atoms with Crippen LogP contribution in [0.5, 0.6) is 0 Å². The Morgan fingerprint density at radius 1 is 0.714 bits per heavy atom. The van der Waals surface area contributed by atoms with Gasteiger partial charge >= 0.3 is 19.3 Å². The molecule has 0 aliphatic carbocycles. The van der Waals surface area contributed by atoms with Gasteiger partial charge in [0.25, 0.3) is 0 Å². The second kappa shape index (κ2) is 21.0. The van der Waals surface area contributed by atoms with Gasteiger partial charge in [0, 0.05) is 29.3 Å². The minimum Gasteiger partial charge on any atom is -0.463 e. The number of hydrogen-bond acceptors (Lipinski definition) is 9. The number of aliphatic hydroxyl groups excluding tert-OH is 1. The van der Waals surface area contributed by atoms with E-state index in [0.717, 1.165) is 27.8 Å². The van der Waals surface area contributed by atoms with E-state index in [1.807, 2.05) is 77.9 Å². The molecule has 0 aliphatic rings. The van der Waals surface area contributed by atoms with Gasteiger partial charge in [-0.15, -0.1) is 0 Å². The molecule has 1 N–H and O–H groups in total. The Morgan fingerprint density at radius 3 is 1.39 bits per heavy atom. The SMILES string of the molecule is C.C=C(C[P+](=O)C(=O)c1c(C)cc(C)cc1C)C(=O)OCC.CCOC(O)C(C)(CC)CP(=O)(C(=O)c1c(C)cc(C)cc1C)C(=O)c1c(C)cc(C)cc1C. The van der Waals surface area contributed by atoms with E-state index < -0.39 is 49.2 Å². The second-order valence-electron chi connectivity index (χ2n) is 14.8. The fraction of sp³-hybridized carbons (Fsp3) is 0.467. The van der Waals surface area contributed by atoms with E-state index in [-0.39, 0.29) is 38.5 Å². The number of carbonyl (C=O) groups is 4. The number of aliphatic hydroxyl groups is 1. The number of ether oxygens (including phenoxy) is 2. The van der Waals surface area contributed by atoms with Crippen LogP contribution in [0.4, 0.5) is 0 Å². The maximum absolute atomic E-state index is 14.8. The molecule has 56 heavy (non-hydrogen) atoms.